The zero-order chi connectivity index (χ0) is 14.0. The Morgan fingerprint density at radius 3 is 2.89 bits per heavy atom. The molecule has 19 heavy (non-hydrogen) atoms. The summed E-state index contributed by atoms with van der Waals surface area (Å²) in [5, 5.41) is 9.13. The Kier molecular flexibility index (Phi) is 3.96. The van der Waals surface area contributed by atoms with Crippen LogP contribution in [-0.2, 0) is 11.3 Å². The van der Waals surface area contributed by atoms with Crippen molar-refractivity contribution in [1.82, 2.24) is 9.97 Å². The second-order valence-corrected chi connectivity index (χ2v) is 4.57. The van der Waals surface area contributed by atoms with E-state index in [2.05, 4.69) is 25.9 Å². The zero-order valence-corrected chi connectivity index (χ0v) is 11.5. The molecule has 0 radical (unpaired) electrons. The number of aromatic hydroxyl groups is 1. The highest BCUT2D eigenvalue weighted by atomic mass is 79.9. The van der Waals surface area contributed by atoms with Crippen LogP contribution in [0.3, 0.4) is 0 Å². The second kappa shape index (κ2) is 5.50. The first-order chi connectivity index (χ1) is 9.02. The molecule has 2 N–H and O–H groups in total. The number of benzene rings is 1. The van der Waals surface area contributed by atoms with Crippen LogP contribution in [0.25, 0.3) is 11.4 Å². The first kappa shape index (κ1) is 13.7. The van der Waals surface area contributed by atoms with E-state index in [1.807, 2.05) is 0 Å². The lowest BCUT2D eigenvalue weighted by atomic mass is 10.2. The summed E-state index contributed by atoms with van der Waals surface area (Å²) in [6.45, 7) is 0.151. The fraction of sp³-hybridized carbons (Fsp3) is 0.167. The van der Waals surface area contributed by atoms with E-state index in [0.717, 1.165) is 6.07 Å². The number of hydrogen-bond acceptors (Lipinski definition) is 4. The highest BCUT2D eigenvalue weighted by Gasteiger charge is 2.11. The van der Waals surface area contributed by atoms with Gasteiger partial charge in [0.15, 0.2) is 11.6 Å². The normalized spacial score (nSPS) is 10.7. The number of aromatic amines is 1. The lowest BCUT2D eigenvalue weighted by Crippen LogP contribution is -2.14. The van der Waals surface area contributed by atoms with Crippen LogP contribution in [0.1, 0.15) is 5.69 Å². The number of halogens is 2. The van der Waals surface area contributed by atoms with Crippen molar-refractivity contribution in [2.24, 2.45) is 0 Å². The highest BCUT2D eigenvalue weighted by molar-refractivity contribution is 9.10. The lowest BCUT2D eigenvalue weighted by Gasteiger charge is -2.06. The molecule has 0 saturated carbocycles. The molecule has 2 rings (SSSR count). The number of hydrogen-bond donors (Lipinski definition) is 2. The van der Waals surface area contributed by atoms with Crippen LogP contribution >= 0.6 is 15.9 Å². The predicted molar refractivity (Wildman–Crippen MR) is 70.3 cm³/mol. The van der Waals surface area contributed by atoms with Crippen molar-refractivity contribution in [3.63, 3.8) is 0 Å². The number of aromatic nitrogens is 2. The van der Waals surface area contributed by atoms with Crippen LogP contribution in [0.4, 0.5) is 4.39 Å². The molecule has 0 aliphatic rings. The van der Waals surface area contributed by atoms with E-state index in [0.29, 0.717) is 11.3 Å². The van der Waals surface area contributed by atoms with Crippen LogP contribution < -0.4 is 5.56 Å². The molecule has 0 atom stereocenters. The first-order valence-corrected chi connectivity index (χ1v) is 6.08. The molecule has 0 fully saturated rings. The van der Waals surface area contributed by atoms with Crippen molar-refractivity contribution >= 4 is 15.9 Å². The van der Waals surface area contributed by atoms with Gasteiger partial charge < -0.3 is 14.8 Å². The number of methoxy groups -OCH3 is 1. The molecule has 0 saturated heterocycles. The third-order valence-electron chi connectivity index (χ3n) is 2.43. The molecule has 0 aliphatic carbocycles. The van der Waals surface area contributed by atoms with Crippen molar-refractivity contribution in [3.8, 4) is 17.1 Å². The van der Waals surface area contributed by atoms with Crippen LogP contribution in [0.15, 0.2) is 27.5 Å². The molecule has 0 bridgehead atoms. The fourth-order valence-electron chi connectivity index (χ4n) is 1.53. The second-order valence-electron chi connectivity index (χ2n) is 3.77. The number of H-pyrrole nitrogens is 1. The maximum absolute atomic E-state index is 13.3. The van der Waals surface area contributed by atoms with Gasteiger partial charge in [0.25, 0.3) is 5.56 Å². The zero-order valence-electron chi connectivity index (χ0n) is 9.91. The highest BCUT2D eigenvalue weighted by Crippen LogP contribution is 2.23. The number of nitrogens with zero attached hydrogens (tertiary/aromatic N) is 1. The SMILES string of the molecule is COCc1nc(-c2ccc(O)c(F)c2)[nH]c(=O)c1Br. The van der Waals surface area contributed by atoms with Crippen molar-refractivity contribution in [3.05, 3.63) is 44.5 Å². The number of phenolic OH excluding ortho intramolecular Hbond substituents is 1. The monoisotopic (exact) mass is 328 g/mol. The Balaban J connectivity index is 2.56. The van der Waals surface area contributed by atoms with E-state index < -0.39 is 11.6 Å². The smallest absolute Gasteiger partial charge is 0.265 e. The maximum Gasteiger partial charge on any atom is 0.265 e. The van der Waals surface area contributed by atoms with E-state index >= 15 is 0 Å². The summed E-state index contributed by atoms with van der Waals surface area (Å²) < 4.78 is 18.5. The largest absolute Gasteiger partial charge is 0.505 e. The summed E-state index contributed by atoms with van der Waals surface area (Å²) in [4.78, 5) is 18.4. The Morgan fingerprint density at radius 2 is 2.26 bits per heavy atom. The van der Waals surface area contributed by atoms with Gasteiger partial charge in [0.05, 0.1) is 12.3 Å². The van der Waals surface area contributed by atoms with Crippen molar-refractivity contribution in [2.45, 2.75) is 6.61 Å². The summed E-state index contributed by atoms with van der Waals surface area (Å²) in [5.74, 6) is -1.03. The molecule has 5 nitrogen and oxygen atoms in total. The average Bonchev–Trinajstić information content (AvgIpc) is 2.38. The Morgan fingerprint density at radius 1 is 1.53 bits per heavy atom. The Labute approximate surface area is 116 Å². The minimum atomic E-state index is -0.781. The van der Waals surface area contributed by atoms with Gasteiger partial charge in [-0.2, -0.15) is 0 Å². The van der Waals surface area contributed by atoms with Crippen LogP contribution in [0.5, 0.6) is 5.75 Å². The van der Waals surface area contributed by atoms with Gasteiger partial charge in [-0.1, -0.05) is 0 Å². The topological polar surface area (TPSA) is 75.2 Å². The number of nitrogens with one attached hydrogen (secondary N) is 1. The summed E-state index contributed by atoms with van der Waals surface area (Å²) in [6, 6.07) is 3.75. The van der Waals surface area contributed by atoms with Crippen molar-refractivity contribution in [1.29, 1.82) is 0 Å². The third-order valence-corrected chi connectivity index (χ3v) is 3.25. The predicted octanol–water partition coefficient (Wildman–Crippen LogP) is 2.19. The average molecular weight is 329 g/mol. The molecule has 0 aliphatic heterocycles. The molecule has 1 aromatic carbocycles. The molecule has 0 unspecified atom stereocenters. The van der Waals surface area contributed by atoms with Gasteiger partial charge in [0.1, 0.15) is 10.3 Å². The Hall–Kier alpha value is -1.73. The van der Waals surface area contributed by atoms with Gasteiger partial charge >= 0.3 is 0 Å². The molecule has 100 valence electrons. The first-order valence-electron chi connectivity index (χ1n) is 5.29. The minimum absolute atomic E-state index is 0.151. The fourth-order valence-corrected chi connectivity index (χ4v) is 1.83. The van der Waals surface area contributed by atoms with Gasteiger partial charge in [-0.15, -0.1) is 0 Å². The molecule has 0 amide bonds. The standard InChI is InChI=1S/C12H10BrFN2O3/c1-19-5-8-10(13)12(18)16-11(15-8)6-2-3-9(17)7(14)4-6/h2-4,17H,5H2,1H3,(H,15,16,18). The molecule has 1 aromatic heterocycles. The van der Waals surface area contributed by atoms with Gasteiger partial charge in [-0.05, 0) is 34.1 Å². The van der Waals surface area contributed by atoms with Gasteiger partial charge in [-0.25, -0.2) is 9.37 Å². The van der Waals surface area contributed by atoms with Crippen molar-refractivity contribution < 1.29 is 14.2 Å². The van der Waals surface area contributed by atoms with Gasteiger partial charge in [0.2, 0.25) is 0 Å². The molecule has 7 heteroatoms. The van der Waals surface area contributed by atoms with Crippen LogP contribution in [0, 0.1) is 5.82 Å². The number of ether oxygens (including phenoxy) is 1. The van der Waals surface area contributed by atoms with E-state index in [1.165, 1.54) is 19.2 Å². The molecular formula is C12H10BrFN2O3. The molecular weight excluding hydrogens is 319 g/mol. The maximum atomic E-state index is 13.3. The molecule has 1 heterocycles. The summed E-state index contributed by atoms with van der Waals surface area (Å²) in [6.07, 6.45) is 0. The minimum Gasteiger partial charge on any atom is -0.505 e. The lowest BCUT2D eigenvalue weighted by molar-refractivity contribution is 0.180. The Bertz CT molecular complexity index is 673. The van der Waals surface area contributed by atoms with Crippen LogP contribution in [0.2, 0.25) is 0 Å². The van der Waals surface area contributed by atoms with E-state index in [1.54, 1.807) is 0 Å². The molecule has 0 spiro atoms. The van der Waals surface area contributed by atoms with E-state index in [4.69, 9.17) is 9.84 Å². The third kappa shape index (κ3) is 2.82. The number of rotatable bonds is 3. The van der Waals surface area contributed by atoms with E-state index in [9.17, 15) is 9.18 Å². The van der Waals surface area contributed by atoms with Crippen molar-refractivity contribution in [2.75, 3.05) is 7.11 Å². The van der Waals surface area contributed by atoms with Gasteiger partial charge in [-0.3, -0.25) is 4.79 Å². The summed E-state index contributed by atoms with van der Waals surface area (Å²) in [5.41, 5.74) is 0.387. The van der Waals surface area contributed by atoms with Gasteiger partial charge in [0, 0.05) is 12.7 Å². The molecule has 2 aromatic rings. The number of phenols is 1. The van der Waals surface area contributed by atoms with E-state index in [-0.39, 0.29) is 22.5 Å². The quantitative estimate of drug-likeness (QED) is 0.905. The summed E-state index contributed by atoms with van der Waals surface area (Å²) in [7, 11) is 1.48. The summed E-state index contributed by atoms with van der Waals surface area (Å²) >= 11 is 3.11. The van der Waals surface area contributed by atoms with Crippen LogP contribution in [-0.4, -0.2) is 22.2 Å².